The summed E-state index contributed by atoms with van der Waals surface area (Å²) in [5.74, 6) is -0.400. The molecule has 1 rings (SSSR count). The van der Waals surface area contributed by atoms with Gasteiger partial charge in [0.1, 0.15) is 6.04 Å². The Bertz CT molecular complexity index is 207. The van der Waals surface area contributed by atoms with Gasteiger partial charge in [-0.05, 0) is 24.2 Å². The molecule has 1 aliphatic carbocycles. The molecule has 0 saturated heterocycles. The van der Waals surface area contributed by atoms with Gasteiger partial charge in [-0.1, -0.05) is 33.1 Å². The van der Waals surface area contributed by atoms with Gasteiger partial charge in [-0.3, -0.25) is 4.79 Å². The van der Waals surface area contributed by atoms with E-state index in [1.165, 1.54) is 19.3 Å². The van der Waals surface area contributed by atoms with E-state index in [9.17, 15) is 4.79 Å². The van der Waals surface area contributed by atoms with Crippen molar-refractivity contribution in [2.75, 3.05) is 0 Å². The number of rotatable bonds is 3. The van der Waals surface area contributed by atoms with Crippen LogP contribution in [-0.4, -0.2) is 17.1 Å². The first-order valence-electron chi connectivity index (χ1n) is 5.44. The van der Waals surface area contributed by atoms with Gasteiger partial charge in [-0.15, -0.1) is 0 Å². The summed E-state index contributed by atoms with van der Waals surface area (Å²) in [5.41, 5.74) is 5.45. The second-order valence-electron chi connectivity index (χ2n) is 4.97. The minimum atomic E-state index is -0.874. The Morgan fingerprint density at radius 3 is 2.29 bits per heavy atom. The molecule has 0 aromatic heterocycles. The smallest absolute Gasteiger partial charge is 0.321 e. The molecule has 0 heterocycles. The average Bonchev–Trinajstić information content (AvgIpc) is 2.18. The first-order valence-corrected chi connectivity index (χ1v) is 5.44. The Kier molecular flexibility index (Phi) is 3.53. The SMILES string of the molecule is CC(C)(C1CCCCC1)[C@@H](N)C(=O)O. The van der Waals surface area contributed by atoms with Crippen LogP contribution in [0, 0.1) is 11.3 Å². The van der Waals surface area contributed by atoms with Crippen LogP contribution in [0.5, 0.6) is 0 Å². The first-order chi connectivity index (χ1) is 6.46. The first kappa shape index (κ1) is 11.5. The van der Waals surface area contributed by atoms with Crippen LogP contribution < -0.4 is 5.73 Å². The molecule has 0 aliphatic heterocycles. The number of carboxylic acids is 1. The lowest BCUT2D eigenvalue weighted by atomic mass is 9.67. The third-order valence-electron chi connectivity index (χ3n) is 3.72. The summed E-state index contributed by atoms with van der Waals surface area (Å²) < 4.78 is 0. The van der Waals surface area contributed by atoms with Gasteiger partial charge in [0.05, 0.1) is 0 Å². The van der Waals surface area contributed by atoms with E-state index in [-0.39, 0.29) is 5.41 Å². The van der Waals surface area contributed by atoms with Crippen molar-refractivity contribution in [2.45, 2.75) is 52.0 Å². The Labute approximate surface area is 85.7 Å². The summed E-state index contributed by atoms with van der Waals surface area (Å²) in [6.07, 6.45) is 6.00. The molecule has 1 aliphatic rings. The molecule has 0 aromatic rings. The van der Waals surface area contributed by atoms with E-state index in [2.05, 4.69) is 0 Å². The molecule has 0 aromatic carbocycles. The van der Waals surface area contributed by atoms with Crippen molar-refractivity contribution in [3.63, 3.8) is 0 Å². The van der Waals surface area contributed by atoms with Crippen molar-refractivity contribution in [3.05, 3.63) is 0 Å². The molecule has 0 amide bonds. The van der Waals surface area contributed by atoms with Gasteiger partial charge in [0, 0.05) is 0 Å². The highest BCUT2D eigenvalue weighted by atomic mass is 16.4. The molecule has 0 unspecified atom stereocenters. The van der Waals surface area contributed by atoms with E-state index in [4.69, 9.17) is 10.8 Å². The number of aliphatic carboxylic acids is 1. The maximum Gasteiger partial charge on any atom is 0.321 e. The largest absolute Gasteiger partial charge is 0.480 e. The molecule has 1 fully saturated rings. The monoisotopic (exact) mass is 199 g/mol. The van der Waals surface area contributed by atoms with Gasteiger partial charge in [-0.25, -0.2) is 0 Å². The summed E-state index contributed by atoms with van der Waals surface area (Å²) >= 11 is 0. The van der Waals surface area contributed by atoms with Gasteiger partial charge in [-0.2, -0.15) is 0 Å². The Hall–Kier alpha value is -0.570. The van der Waals surface area contributed by atoms with Gasteiger partial charge in [0.2, 0.25) is 0 Å². The van der Waals surface area contributed by atoms with Gasteiger partial charge >= 0.3 is 5.97 Å². The third kappa shape index (κ3) is 2.27. The van der Waals surface area contributed by atoms with Crippen molar-refractivity contribution in [1.82, 2.24) is 0 Å². The maximum absolute atomic E-state index is 10.9. The van der Waals surface area contributed by atoms with E-state index in [0.29, 0.717) is 5.92 Å². The van der Waals surface area contributed by atoms with E-state index in [0.717, 1.165) is 12.8 Å². The van der Waals surface area contributed by atoms with Crippen LogP contribution in [0.1, 0.15) is 46.0 Å². The highest BCUT2D eigenvalue weighted by Gasteiger charge is 2.39. The standard InChI is InChI=1S/C11H21NO2/c1-11(2,9(12)10(13)14)8-6-4-3-5-7-8/h8-9H,3-7,12H2,1-2H3,(H,13,14)/t9-/m0/s1. The molecule has 3 N–H and O–H groups in total. The number of hydrogen-bond acceptors (Lipinski definition) is 2. The van der Waals surface area contributed by atoms with E-state index in [1.54, 1.807) is 0 Å². The van der Waals surface area contributed by atoms with Gasteiger partial charge < -0.3 is 10.8 Å². The van der Waals surface area contributed by atoms with Crippen molar-refractivity contribution in [2.24, 2.45) is 17.1 Å². The molecule has 82 valence electrons. The second-order valence-corrected chi connectivity index (χ2v) is 4.97. The Morgan fingerprint density at radius 2 is 1.86 bits per heavy atom. The second kappa shape index (κ2) is 4.30. The molecular formula is C11H21NO2. The van der Waals surface area contributed by atoms with Gasteiger partial charge in [0.15, 0.2) is 0 Å². The Morgan fingerprint density at radius 1 is 1.36 bits per heavy atom. The molecule has 0 radical (unpaired) electrons. The summed E-state index contributed by atoms with van der Waals surface area (Å²) in [4.78, 5) is 10.9. The molecule has 14 heavy (non-hydrogen) atoms. The predicted octanol–water partition coefficient (Wildman–Crippen LogP) is 2.00. The van der Waals surface area contributed by atoms with Crippen molar-refractivity contribution >= 4 is 5.97 Å². The summed E-state index contributed by atoms with van der Waals surface area (Å²) in [7, 11) is 0. The van der Waals surface area contributed by atoms with Gasteiger partial charge in [0.25, 0.3) is 0 Å². The van der Waals surface area contributed by atoms with Crippen LogP contribution >= 0.6 is 0 Å². The third-order valence-corrected chi connectivity index (χ3v) is 3.72. The molecule has 1 saturated carbocycles. The highest BCUT2D eigenvalue weighted by molar-refractivity contribution is 5.74. The normalized spacial score (nSPS) is 21.9. The average molecular weight is 199 g/mol. The zero-order valence-corrected chi connectivity index (χ0v) is 9.12. The molecule has 0 spiro atoms. The fourth-order valence-corrected chi connectivity index (χ4v) is 2.42. The van der Waals surface area contributed by atoms with Crippen LogP contribution in [0.2, 0.25) is 0 Å². The fraction of sp³-hybridized carbons (Fsp3) is 0.909. The minimum absolute atomic E-state index is 0.272. The van der Waals surface area contributed by atoms with Crippen LogP contribution in [0.4, 0.5) is 0 Å². The highest BCUT2D eigenvalue weighted by Crippen LogP contribution is 2.39. The summed E-state index contributed by atoms with van der Waals surface area (Å²) in [6, 6.07) is -0.731. The minimum Gasteiger partial charge on any atom is -0.480 e. The van der Waals surface area contributed by atoms with Crippen LogP contribution in [0.25, 0.3) is 0 Å². The van der Waals surface area contributed by atoms with Crippen LogP contribution in [0.3, 0.4) is 0 Å². The van der Waals surface area contributed by atoms with Crippen LogP contribution in [0.15, 0.2) is 0 Å². The zero-order chi connectivity index (χ0) is 10.8. The lowest BCUT2D eigenvalue weighted by molar-refractivity contribution is -0.142. The number of carboxylic acid groups (broad SMARTS) is 1. The summed E-state index contributed by atoms with van der Waals surface area (Å²) in [6.45, 7) is 3.98. The molecule has 1 atom stereocenters. The van der Waals surface area contributed by atoms with Crippen molar-refractivity contribution in [1.29, 1.82) is 0 Å². The number of carbonyl (C=O) groups is 1. The lowest BCUT2D eigenvalue weighted by Gasteiger charge is -2.39. The molecule has 3 nitrogen and oxygen atoms in total. The van der Waals surface area contributed by atoms with Crippen molar-refractivity contribution < 1.29 is 9.90 Å². The molecular weight excluding hydrogens is 178 g/mol. The number of nitrogens with two attached hydrogens (primary N) is 1. The topological polar surface area (TPSA) is 63.3 Å². The van der Waals surface area contributed by atoms with E-state index < -0.39 is 12.0 Å². The van der Waals surface area contributed by atoms with Crippen LogP contribution in [-0.2, 0) is 4.79 Å². The maximum atomic E-state index is 10.9. The van der Waals surface area contributed by atoms with E-state index >= 15 is 0 Å². The fourth-order valence-electron chi connectivity index (χ4n) is 2.42. The zero-order valence-electron chi connectivity index (χ0n) is 9.12. The molecule has 3 heteroatoms. The molecule has 0 bridgehead atoms. The number of hydrogen-bond donors (Lipinski definition) is 2. The predicted molar refractivity (Wildman–Crippen MR) is 56.0 cm³/mol. The quantitative estimate of drug-likeness (QED) is 0.730. The Balaban J connectivity index is 2.66. The van der Waals surface area contributed by atoms with E-state index in [1.807, 2.05) is 13.8 Å². The lowest BCUT2D eigenvalue weighted by Crippen LogP contribution is -2.48. The van der Waals surface area contributed by atoms with Crippen molar-refractivity contribution in [3.8, 4) is 0 Å². The summed E-state index contributed by atoms with van der Waals surface area (Å²) in [5, 5.41) is 8.92.